The van der Waals surface area contributed by atoms with E-state index in [1.807, 2.05) is 25.1 Å². The summed E-state index contributed by atoms with van der Waals surface area (Å²) in [7, 11) is 1.47. The lowest BCUT2D eigenvalue weighted by molar-refractivity contribution is 0.0932. The molecule has 0 amide bonds. The van der Waals surface area contributed by atoms with E-state index in [1.54, 1.807) is 11.0 Å². The molecule has 3 rings (SSSR count). The number of aryl methyl sites for hydroxylation is 2. The van der Waals surface area contributed by atoms with Crippen molar-refractivity contribution in [2.75, 3.05) is 37.8 Å². The van der Waals surface area contributed by atoms with Gasteiger partial charge in [0, 0.05) is 20.1 Å². The predicted molar refractivity (Wildman–Crippen MR) is 115 cm³/mol. The molecule has 1 unspecified atom stereocenters. The molecule has 3 aromatic rings. The molecule has 2 aromatic heterocycles. The number of aromatic amines is 1. The molecule has 31 heavy (non-hydrogen) atoms. The van der Waals surface area contributed by atoms with Crippen LogP contribution in [0.4, 0.5) is 5.95 Å². The third kappa shape index (κ3) is 4.79. The molecule has 11 heteroatoms. The average Bonchev–Trinajstić information content (AvgIpc) is 3.11. The van der Waals surface area contributed by atoms with Crippen molar-refractivity contribution in [3.8, 4) is 5.75 Å². The standard InChI is InChI=1S/C20H27N5O6/c1-13-5-3-4-6-15(13)31-12-14(28)11-25-16-17(23(2)20(30)22-18(16)29)21-19(25)24(7-9-26)8-10-27/h3-6,14,26-28H,7-12H2,1-2H3,(H,22,29,30). The topological polar surface area (TPSA) is 146 Å². The molecule has 0 spiro atoms. The third-order valence-electron chi connectivity index (χ3n) is 4.93. The van der Waals surface area contributed by atoms with Gasteiger partial charge in [0.1, 0.15) is 18.5 Å². The summed E-state index contributed by atoms with van der Waals surface area (Å²) in [6.07, 6.45) is -1.00. The number of aromatic nitrogens is 4. The van der Waals surface area contributed by atoms with Gasteiger partial charge in [-0.1, -0.05) is 18.2 Å². The van der Waals surface area contributed by atoms with Crippen LogP contribution in [0.1, 0.15) is 5.56 Å². The van der Waals surface area contributed by atoms with Crippen LogP contribution < -0.4 is 20.9 Å². The van der Waals surface area contributed by atoms with E-state index in [9.17, 15) is 24.9 Å². The van der Waals surface area contributed by atoms with Crippen molar-refractivity contribution in [3.63, 3.8) is 0 Å². The number of fused-ring (bicyclic) bond motifs is 1. The zero-order valence-corrected chi connectivity index (χ0v) is 17.5. The van der Waals surface area contributed by atoms with Gasteiger partial charge in [0.05, 0.1) is 19.8 Å². The normalized spacial score (nSPS) is 12.3. The number of hydrogen-bond acceptors (Lipinski definition) is 8. The number of hydrogen-bond donors (Lipinski definition) is 4. The number of anilines is 1. The summed E-state index contributed by atoms with van der Waals surface area (Å²) in [6.45, 7) is 1.68. The highest BCUT2D eigenvalue weighted by Gasteiger charge is 2.23. The first-order valence-corrected chi connectivity index (χ1v) is 9.90. The maximum atomic E-state index is 12.6. The minimum atomic E-state index is -1.00. The third-order valence-corrected chi connectivity index (χ3v) is 4.93. The van der Waals surface area contributed by atoms with Crippen molar-refractivity contribution in [1.29, 1.82) is 0 Å². The first kappa shape index (κ1) is 22.5. The highest BCUT2D eigenvalue weighted by Crippen LogP contribution is 2.21. The first-order chi connectivity index (χ1) is 14.9. The lowest BCUT2D eigenvalue weighted by Gasteiger charge is -2.24. The van der Waals surface area contributed by atoms with Gasteiger partial charge < -0.3 is 29.5 Å². The molecule has 0 bridgehead atoms. The first-order valence-electron chi connectivity index (χ1n) is 9.90. The molecule has 1 atom stereocenters. The Kier molecular flexibility index (Phi) is 7.10. The fraction of sp³-hybridized carbons (Fsp3) is 0.450. The van der Waals surface area contributed by atoms with Crippen molar-refractivity contribution in [2.45, 2.75) is 19.6 Å². The summed E-state index contributed by atoms with van der Waals surface area (Å²) in [6, 6.07) is 7.41. The fourth-order valence-corrected chi connectivity index (χ4v) is 3.36. The van der Waals surface area contributed by atoms with Crippen LogP contribution in [0.15, 0.2) is 33.9 Å². The number of benzene rings is 1. The molecule has 11 nitrogen and oxygen atoms in total. The largest absolute Gasteiger partial charge is 0.491 e. The average molecular weight is 433 g/mol. The Hall–Kier alpha value is -3.15. The van der Waals surface area contributed by atoms with Crippen molar-refractivity contribution in [2.24, 2.45) is 7.05 Å². The van der Waals surface area contributed by atoms with E-state index in [1.165, 1.54) is 16.2 Å². The van der Waals surface area contributed by atoms with E-state index in [-0.39, 0.29) is 56.6 Å². The zero-order chi connectivity index (χ0) is 22.5. The molecule has 0 aliphatic heterocycles. The predicted octanol–water partition coefficient (Wildman–Crippen LogP) is -1.04. The van der Waals surface area contributed by atoms with Gasteiger partial charge in [-0.3, -0.25) is 14.3 Å². The van der Waals surface area contributed by atoms with E-state index < -0.39 is 17.4 Å². The molecule has 1 aromatic carbocycles. The maximum Gasteiger partial charge on any atom is 0.329 e. The lowest BCUT2D eigenvalue weighted by atomic mass is 10.2. The Balaban J connectivity index is 1.99. The van der Waals surface area contributed by atoms with Gasteiger partial charge in [-0.05, 0) is 18.6 Å². The van der Waals surface area contributed by atoms with Crippen LogP contribution in [0, 0.1) is 6.92 Å². The molecule has 0 saturated heterocycles. The molecule has 168 valence electrons. The SMILES string of the molecule is Cc1ccccc1OCC(O)Cn1c(N(CCO)CCO)nc2c1c(=O)[nH]c(=O)n2C. The highest BCUT2D eigenvalue weighted by atomic mass is 16.5. The number of nitrogens with zero attached hydrogens (tertiary/aromatic N) is 4. The Bertz CT molecular complexity index is 1150. The molecule has 0 aliphatic carbocycles. The van der Waals surface area contributed by atoms with Gasteiger partial charge in [-0.15, -0.1) is 0 Å². The van der Waals surface area contributed by atoms with Crippen molar-refractivity contribution in [3.05, 3.63) is 50.7 Å². The quantitative estimate of drug-likeness (QED) is 0.317. The van der Waals surface area contributed by atoms with Crippen LogP contribution in [0.5, 0.6) is 5.75 Å². The van der Waals surface area contributed by atoms with Gasteiger partial charge in [0.2, 0.25) is 5.95 Å². The number of imidazole rings is 1. The number of rotatable bonds is 10. The van der Waals surface area contributed by atoms with Gasteiger partial charge in [0.15, 0.2) is 11.2 Å². The number of ether oxygens (including phenoxy) is 1. The van der Waals surface area contributed by atoms with Crippen LogP contribution in [0.2, 0.25) is 0 Å². The van der Waals surface area contributed by atoms with Crippen LogP contribution in [-0.4, -0.2) is 73.4 Å². The summed E-state index contributed by atoms with van der Waals surface area (Å²) >= 11 is 0. The molecule has 0 fully saturated rings. The van der Waals surface area contributed by atoms with E-state index in [0.29, 0.717) is 5.75 Å². The number of H-pyrrole nitrogens is 1. The number of aliphatic hydroxyl groups excluding tert-OH is 3. The molecular formula is C20H27N5O6. The van der Waals surface area contributed by atoms with Gasteiger partial charge in [-0.25, -0.2) is 4.79 Å². The Morgan fingerprint density at radius 1 is 1.19 bits per heavy atom. The van der Waals surface area contributed by atoms with Crippen molar-refractivity contribution >= 4 is 17.1 Å². The van der Waals surface area contributed by atoms with E-state index in [2.05, 4.69) is 9.97 Å². The minimum Gasteiger partial charge on any atom is -0.491 e. The molecule has 2 heterocycles. The van der Waals surface area contributed by atoms with Gasteiger partial charge >= 0.3 is 5.69 Å². The Morgan fingerprint density at radius 2 is 1.87 bits per heavy atom. The molecule has 0 saturated carbocycles. The van der Waals surface area contributed by atoms with Gasteiger partial charge in [-0.2, -0.15) is 4.98 Å². The van der Waals surface area contributed by atoms with Crippen molar-refractivity contribution in [1.82, 2.24) is 19.1 Å². The zero-order valence-electron chi connectivity index (χ0n) is 17.5. The molecule has 0 aliphatic rings. The van der Waals surface area contributed by atoms with Crippen LogP contribution in [0.3, 0.4) is 0 Å². The van der Waals surface area contributed by atoms with Crippen LogP contribution >= 0.6 is 0 Å². The lowest BCUT2D eigenvalue weighted by Crippen LogP contribution is -2.34. The van der Waals surface area contributed by atoms with Crippen molar-refractivity contribution < 1.29 is 20.1 Å². The molecular weight excluding hydrogens is 406 g/mol. The fourth-order valence-electron chi connectivity index (χ4n) is 3.36. The summed E-state index contributed by atoms with van der Waals surface area (Å²) in [5, 5.41) is 29.5. The summed E-state index contributed by atoms with van der Waals surface area (Å²) in [4.78, 5) is 32.8. The number of aliphatic hydroxyl groups is 3. The highest BCUT2D eigenvalue weighted by molar-refractivity contribution is 5.74. The number of para-hydroxylation sites is 1. The van der Waals surface area contributed by atoms with Crippen LogP contribution in [0.25, 0.3) is 11.2 Å². The van der Waals surface area contributed by atoms with Gasteiger partial charge in [0.25, 0.3) is 5.56 Å². The second-order valence-corrected chi connectivity index (χ2v) is 7.18. The second kappa shape index (κ2) is 9.77. The summed E-state index contributed by atoms with van der Waals surface area (Å²) in [5.41, 5.74) is -0.0960. The summed E-state index contributed by atoms with van der Waals surface area (Å²) < 4.78 is 8.38. The summed E-state index contributed by atoms with van der Waals surface area (Å²) in [5.74, 6) is 0.888. The van der Waals surface area contributed by atoms with E-state index >= 15 is 0 Å². The smallest absolute Gasteiger partial charge is 0.329 e. The maximum absolute atomic E-state index is 12.6. The number of nitrogens with one attached hydrogen (secondary N) is 1. The second-order valence-electron chi connectivity index (χ2n) is 7.18. The monoisotopic (exact) mass is 433 g/mol. The molecule has 0 radical (unpaired) electrons. The van der Waals surface area contributed by atoms with E-state index in [4.69, 9.17) is 4.74 Å². The van der Waals surface area contributed by atoms with E-state index in [0.717, 1.165) is 5.56 Å². The Morgan fingerprint density at radius 3 is 2.52 bits per heavy atom. The van der Waals surface area contributed by atoms with Crippen LogP contribution in [-0.2, 0) is 13.6 Å². The minimum absolute atomic E-state index is 0.0341. The molecule has 4 N–H and O–H groups in total. The Labute approximate surface area is 177 Å².